The maximum absolute atomic E-state index is 13.5. The van der Waals surface area contributed by atoms with E-state index in [0.717, 1.165) is 0 Å². The number of carbonyl (C=O) groups is 1. The first-order valence-electron chi connectivity index (χ1n) is 5.86. The van der Waals surface area contributed by atoms with Crippen LogP contribution in [0.25, 0.3) is 0 Å². The Hall–Kier alpha value is -1.62. The summed E-state index contributed by atoms with van der Waals surface area (Å²) in [6.07, 6.45) is -0.329. The van der Waals surface area contributed by atoms with Crippen molar-refractivity contribution in [1.82, 2.24) is 4.90 Å². The van der Waals surface area contributed by atoms with Crippen LogP contribution >= 0.6 is 0 Å². The predicted molar refractivity (Wildman–Crippen MR) is 63.8 cm³/mol. The lowest BCUT2D eigenvalue weighted by Crippen LogP contribution is -2.44. The number of para-hydroxylation sites is 1. The summed E-state index contributed by atoms with van der Waals surface area (Å²) in [5.41, 5.74) is 0.707. The van der Waals surface area contributed by atoms with Crippen LogP contribution in [0.3, 0.4) is 0 Å². The number of ether oxygens (including phenoxy) is 1. The molecule has 0 spiro atoms. The van der Waals surface area contributed by atoms with Gasteiger partial charge in [0.05, 0.1) is 12.6 Å². The molecule has 0 saturated heterocycles. The summed E-state index contributed by atoms with van der Waals surface area (Å²) < 4.78 is 18.8. The maximum atomic E-state index is 13.5. The van der Waals surface area contributed by atoms with E-state index in [9.17, 15) is 9.18 Å². The number of rotatable bonds is 3. The molecule has 1 aliphatic rings. The third-order valence-corrected chi connectivity index (χ3v) is 3.26. The van der Waals surface area contributed by atoms with Crippen molar-refractivity contribution in [3.05, 3.63) is 29.6 Å². The summed E-state index contributed by atoms with van der Waals surface area (Å²) in [6, 6.07) is 4.38. The quantitative estimate of drug-likeness (QED) is 0.873. The van der Waals surface area contributed by atoms with Crippen molar-refractivity contribution in [3.63, 3.8) is 0 Å². The molecule has 1 aliphatic heterocycles. The lowest BCUT2D eigenvalue weighted by molar-refractivity contribution is -0.139. The lowest BCUT2D eigenvalue weighted by Gasteiger charge is -2.25. The fourth-order valence-electron chi connectivity index (χ4n) is 1.93. The van der Waals surface area contributed by atoms with Crippen molar-refractivity contribution in [2.24, 2.45) is 0 Å². The van der Waals surface area contributed by atoms with E-state index >= 15 is 0 Å². The van der Waals surface area contributed by atoms with Crippen molar-refractivity contribution in [3.8, 4) is 5.75 Å². The largest absolute Gasteiger partial charge is 0.477 e. The molecule has 1 aromatic rings. The van der Waals surface area contributed by atoms with Crippen molar-refractivity contribution in [2.45, 2.75) is 25.5 Å². The fourth-order valence-corrected chi connectivity index (χ4v) is 1.93. The van der Waals surface area contributed by atoms with E-state index in [1.54, 1.807) is 26.1 Å². The Morgan fingerprint density at radius 3 is 3.00 bits per heavy atom. The zero-order valence-electron chi connectivity index (χ0n) is 10.4. The predicted octanol–water partition coefficient (Wildman–Crippen LogP) is 0.968. The van der Waals surface area contributed by atoms with Crippen LogP contribution in [0.2, 0.25) is 0 Å². The number of fused-ring (bicyclic) bond motifs is 1. The second kappa shape index (κ2) is 4.94. The van der Waals surface area contributed by atoms with Crippen LogP contribution < -0.4 is 4.74 Å². The fraction of sp³-hybridized carbons (Fsp3) is 0.462. The number of aliphatic hydroxyl groups is 1. The summed E-state index contributed by atoms with van der Waals surface area (Å²) >= 11 is 0. The minimum absolute atomic E-state index is 0.115. The Morgan fingerprint density at radius 2 is 2.39 bits per heavy atom. The number of likely N-dealkylation sites (N-methyl/N-ethyl adjacent to an activating group) is 1. The van der Waals surface area contributed by atoms with Gasteiger partial charge in [0.25, 0.3) is 5.91 Å². The second-order valence-corrected chi connectivity index (χ2v) is 4.52. The molecule has 18 heavy (non-hydrogen) atoms. The van der Waals surface area contributed by atoms with Gasteiger partial charge in [-0.1, -0.05) is 12.1 Å². The number of hydrogen-bond acceptors (Lipinski definition) is 3. The molecule has 1 amide bonds. The molecule has 2 atom stereocenters. The molecular formula is C13H16FNO3. The van der Waals surface area contributed by atoms with Crippen molar-refractivity contribution in [1.29, 1.82) is 0 Å². The van der Waals surface area contributed by atoms with Gasteiger partial charge in [0, 0.05) is 19.0 Å². The van der Waals surface area contributed by atoms with Crippen LogP contribution in [-0.2, 0) is 11.2 Å². The highest BCUT2D eigenvalue weighted by molar-refractivity contribution is 5.82. The minimum atomic E-state index is -0.698. The second-order valence-electron chi connectivity index (χ2n) is 4.52. The van der Waals surface area contributed by atoms with Crippen LogP contribution in [0.15, 0.2) is 18.2 Å². The number of amides is 1. The molecule has 5 heteroatoms. The molecule has 98 valence electrons. The molecule has 4 nitrogen and oxygen atoms in total. The highest BCUT2D eigenvalue weighted by Crippen LogP contribution is 2.32. The van der Waals surface area contributed by atoms with Gasteiger partial charge in [-0.05, 0) is 13.0 Å². The van der Waals surface area contributed by atoms with Crippen molar-refractivity contribution in [2.75, 3.05) is 13.7 Å². The Kier molecular flexibility index (Phi) is 3.52. The number of nitrogens with zero attached hydrogens (tertiary/aromatic N) is 1. The average Bonchev–Trinajstić information content (AvgIpc) is 2.81. The Bertz CT molecular complexity index is 464. The maximum Gasteiger partial charge on any atom is 0.264 e. The van der Waals surface area contributed by atoms with Gasteiger partial charge in [-0.3, -0.25) is 4.79 Å². The van der Waals surface area contributed by atoms with Gasteiger partial charge in [0.1, 0.15) is 0 Å². The first kappa shape index (κ1) is 12.8. The molecule has 0 radical (unpaired) electrons. The zero-order valence-corrected chi connectivity index (χ0v) is 10.4. The van der Waals surface area contributed by atoms with Crippen LogP contribution in [0, 0.1) is 5.82 Å². The Labute approximate surface area is 105 Å². The normalized spacial score (nSPS) is 19.0. The Balaban J connectivity index is 2.11. The molecule has 2 rings (SSSR count). The van der Waals surface area contributed by atoms with Gasteiger partial charge in [-0.25, -0.2) is 4.39 Å². The van der Waals surface area contributed by atoms with E-state index < -0.39 is 11.9 Å². The molecule has 1 aromatic carbocycles. The van der Waals surface area contributed by atoms with Gasteiger partial charge in [-0.15, -0.1) is 0 Å². The van der Waals surface area contributed by atoms with Crippen molar-refractivity contribution >= 4 is 5.91 Å². The topological polar surface area (TPSA) is 49.8 Å². The monoisotopic (exact) mass is 253 g/mol. The number of hydrogen-bond donors (Lipinski definition) is 1. The highest BCUT2D eigenvalue weighted by Gasteiger charge is 2.33. The van der Waals surface area contributed by atoms with Gasteiger partial charge in [0.15, 0.2) is 17.7 Å². The van der Waals surface area contributed by atoms with Gasteiger partial charge < -0.3 is 14.7 Å². The Morgan fingerprint density at radius 1 is 1.67 bits per heavy atom. The van der Waals surface area contributed by atoms with E-state index in [1.807, 2.05) is 0 Å². The summed E-state index contributed by atoms with van der Waals surface area (Å²) in [5.74, 6) is -0.520. The van der Waals surface area contributed by atoms with E-state index in [1.165, 1.54) is 11.0 Å². The number of carbonyl (C=O) groups excluding carboxylic acids is 1. The molecule has 0 bridgehead atoms. The van der Waals surface area contributed by atoms with Gasteiger partial charge >= 0.3 is 0 Å². The molecule has 0 fully saturated rings. The van der Waals surface area contributed by atoms with Gasteiger partial charge in [0.2, 0.25) is 0 Å². The van der Waals surface area contributed by atoms with Gasteiger partial charge in [-0.2, -0.15) is 0 Å². The number of aliphatic hydroxyl groups excluding tert-OH is 1. The number of halogens is 1. The summed E-state index contributed by atoms with van der Waals surface area (Å²) in [6.45, 7) is 1.62. The minimum Gasteiger partial charge on any atom is -0.477 e. The molecular weight excluding hydrogens is 237 g/mol. The molecule has 0 aliphatic carbocycles. The SMILES string of the molecule is CC(CO)N(C)C(=O)C1Cc2cccc(F)c2O1. The molecule has 1 N–H and O–H groups in total. The third-order valence-electron chi connectivity index (χ3n) is 3.26. The van der Waals surface area contributed by atoms with Crippen LogP contribution in [0.5, 0.6) is 5.75 Å². The summed E-state index contributed by atoms with van der Waals surface area (Å²) in [4.78, 5) is 13.5. The van der Waals surface area contributed by atoms with E-state index in [-0.39, 0.29) is 24.3 Å². The van der Waals surface area contributed by atoms with Crippen LogP contribution in [0.1, 0.15) is 12.5 Å². The zero-order chi connectivity index (χ0) is 13.3. The number of benzene rings is 1. The van der Waals surface area contributed by atoms with E-state index in [4.69, 9.17) is 9.84 Å². The first-order chi connectivity index (χ1) is 8.54. The van der Waals surface area contributed by atoms with Crippen LogP contribution in [0.4, 0.5) is 4.39 Å². The molecule has 0 aromatic heterocycles. The summed E-state index contributed by atoms with van der Waals surface area (Å²) in [7, 11) is 1.60. The van der Waals surface area contributed by atoms with Crippen molar-refractivity contribution < 1.29 is 19.0 Å². The van der Waals surface area contributed by atoms with E-state index in [0.29, 0.717) is 12.0 Å². The molecule has 0 saturated carbocycles. The first-order valence-corrected chi connectivity index (χ1v) is 5.86. The smallest absolute Gasteiger partial charge is 0.264 e. The standard InChI is InChI=1S/C13H16FNO3/c1-8(7-16)15(2)13(17)11-6-9-4-3-5-10(14)12(9)18-11/h3-5,8,11,16H,6-7H2,1-2H3. The lowest BCUT2D eigenvalue weighted by atomic mass is 10.1. The third kappa shape index (κ3) is 2.18. The highest BCUT2D eigenvalue weighted by atomic mass is 19.1. The molecule has 1 heterocycles. The molecule has 2 unspecified atom stereocenters. The summed E-state index contributed by atoms with van der Waals surface area (Å²) in [5, 5.41) is 9.02. The average molecular weight is 253 g/mol. The van der Waals surface area contributed by atoms with Crippen LogP contribution in [-0.4, -0.2) is 41.7 Å². The van der Waals surface area contributed by atoms with E-state index in [2.05, 4.69) is 0 Å².